The molecule has 13 nitrogen and oxygen atoms in total. The Balaban J connectivity index is 1.53. The number of esters is 1. The highest BCUT2D eigenvalue weighted by molar-refractivity contribution is 7.89. The average molecular weight is 472 g/mol. The summed E-state index contributed by atoms with van der Waals surface area (Å²) in [5.41, 5.74) is 1.19. The average Bonchev–Trinajstić information content (AvgIpc) is 3.39. The fourth-order valence-electron chi connectivity index (χ4n) is 3.50. The standard InChI is InChI=1S/C19H21N9O4S/c1-26-10-15(8-22-26)24-18-21-6-3-16(25-18)14-7-23-28(9-14)19(4-5-20)12-27(13-19)33(30,31)11-17(29)32-2/h3,6-10H,4,11-13H2,1-2H3,(H,21,24,25). The maximum absolute atomic E-state index is 12.4. The smallest absolute Gasteiger partial charge is 0.322 e. The summed E-state index contributed by atoms with van der Waals surface area (Å²) < 4.78 is 33.7. The number of nitrogens with one attached hydrogen (secondary N) is 1. The minimum atomic E-state index is -3.84. The highest BCUT2D eigenvalue weighted by atomic mass is 32.2. The fourth-order valence-corrected chi connectivity index (χ4v) is 4.97. The molecule has 3 aromatic heterocycles. The van der Waals surface area contributed by atoms with Gasteiger partial charge in [-0.05, 0) is 6.07 Å². The van der Waals surface area contributed by atoms with Crippen LogP contribution in [0.5, 0.6) is 0 Å². The van der Waals surface area contributed by atoms with Crippen LogP contribution in [0.1, 0.15) is 6.42 Å². The minimum absolute atomic E-state index is 0.0264. The van der Waals surface area contributed by atoms with Gasteiger partial charge in [-0.3, -0.25) is 14.2 Å². The van der Waals surface area contributed by atoms with E-state index in [0.717, 1.165) is 17.1 Å². The Labute approximate surface area is 189 Å². The van der Waals surface area contributed by atoms with Crippen LogP contribution in [0.15, 0.2) is 37.1 Å². The van der Waals surface area contributed by atoms with E-state index in [9.17, 15) is 18.5 Å². The molecule has 1 fully saturated rings. The van der Waals surface area contributed by atoms with Crippen LogP contribution in [0.4, 0.5) is 11.6 Å². The molecule has 0 aromatic carbocycles. The number of carbonyl (C=O) groups is 1. The second-order valence-electron chi connectivity index (χ2n) is 7.63. The van der Waals surface area contributed by atoms with Gasteiger partial charge in [-0.25, -0.2) is 18.4 Å². The molecule has 0 radical (unpaired) electrons. The van der Waals surface area contributed by atoms with E-state index in [0.29, 0.717) is 17.2 Å². The van der Waals surface area contributed by atoms with Gasteiger partial charge in [-0.1, -0.05) is 0 Å². The first kappa shape index (κ1) is 22.4. The Morgan fingerprint density at radius 3 is 2.76 bits per heavy atom. The molecule has 0 aliphatic carbocycles. The SMILES string of the molecule is COC(=O)CS(=O)(=O)N1CC(CC#N)(n2cc(-c3ccnc(Nc4cnn(C)c4)n3)cn2)C1. The first-order chi connectivity index (χ1) is 15.7. The summed E-state index contributed by atoms with van der Waals surface area (Å²) in [4.78, 5) is 20.1. The number of aromatic nitrogens is 6. The van der Waals surface area contributed by atoms with Gasteiger partial charge in [0.2, 0.25) is 16.0 Å². The van der Waals surface area contributed by atoms with Crippen LogP contribution < -0.4 is 5.32 Å². The molecule has 14 heteroatoms. The molecule has 0 saturated carbocycles. The molecule has 1 N–H and O–H groups in total. The summed E-state index contributed by atoms with van der Waals surface area (Å²) in [6.07, 6.45) is 8.41. The predicted molar refractivity (Wildman–Crippen MR) is 115 cm³/mol. The summed E-state index contributed by atoms with van der Waals surface area (Å²) >= 11 is 0. The molecule has 1 aliphatic heterocycles. The lowest BCUT2D eigenvalue weighted by Gasteiger charge is -2.47. The van der Waals surface area contributed by atoms with Crippen LogP contribution in [0.25, 0.3) is 11.3 Å². The van der Waals surface area contributed by atoms with E-state index in [2.05, 4.69) is 36.3 Å². The van der Waals surface area contributed by atoms with Crippen LogP contribution in [0.3, 0.4) is 0 Å². The Kier molecular flexibility index (Phi) is 5.83. The largest absolute Gasteiger partial charge is 0.468 e. The number of ether oxygens (including phenoxy) is 1. The highest BCUT2D eigenvalue weighted by Gasteiger charge is 2.50. The molecule has 0 unspecified atom stereocenters. The van der Waals surface area contributed by atoms with Crippen molar-refractivity contribution in [2.24, 2.45) is 7.05 Å². The highest BCUT2D eigenvalue weighted by Crippen LogP contribution is 2.35. The third-order valence-corrected chi connectivity index (χ3v) is 6.90. The van der Waals surface area contributed by atoms with E-state index < -0.39 is 27.3 Å². The maximum atomic E-state index is 12.4. The third kappa shape index (κ3) is 4.54. The molecule has 0 bridgehead atoms. The van der Waals surface area contributed by atoms with E-state index in [-0.39, 0.29) is 19.5 Å². The van der Waals surface area contributed by atoms with E-state index in [1.807, 2.05) is 0 Å². The molecule has 4 heterocycles. The number of nitrogens with zero attached hydrogens (tertiary/aromatic N) is 8. The van der Waals surface area contributed by atoms with Crippen LogP contribution in [0, 0.1) is 11.3 Å². The zero-order chi connectivity index (χ0) is 23.6. The van der Waals surface area contributed by atoms with Gasteiger partial charge in [0.15, 0.2) is 5.75 Å². The van der Waals surface area contributed by atoms with E-state index in [4.69, 9.17) is 0 Å². The predicted octanol–water partition coefficient (Wildman–Crippen LogP) is 0.245. The molecule has 0 spiro atoms. The first-order valence-electron chi connectivity index (χ1n) is 9.80. The van der Waals surface area contributed by atoms with E-state index in [1.54, 1.807) is 53.5 Å². The van der Waals surface area contributed by atoms with Crippen LogP contribution in [-0.2, 0) is 32.1 Å². The van der Waals surface area contributed by atoms with Crippen molar-refractivity contribution in [3.05, 3.63) is 37.1 Å². The summed E-state index contributed by atoms with van der Waals surface area (Å²) in [5, 5.41) is 20.9. The molecular formula is C19H21N9O4S. The van der Waals surface area contributed by atoms with Gasteiger partial charge < -0.3 is 10.1 Å². The van der Waals surface area contributed by atoms with Crippen molar-refractivity contribution in [1.82, 2.24) is 33.8 Å². The number of anilines is 2. The normalized spacial score (nSPS) is 15.4. The van der Waals surface area contributed by atoms with Gasteiger partial charge >= 0.3 is 5.97 Å². The van der Waals surface area contributed by atoms with E-state index in [1.165, 1.54) is 0 Å². The summed E-state index contributed by atoms with van der Waals surface area (Å²) in [6.45, 7) is 0.0528. The van der Waals surface area contributed by atoms with Crippen LogP contribution >= 0.6 is 0 Å². The van der Waals surface area contributed by atoms with Crippen molar-refractivity contribution in [2.45, 2.75) is 12.0 Å². The quantitative estimate of drug-likeness (QED) is 0.451. The molecule has 1 saturated heterocycles. The molecule has 3 aromatic rings. The second-order valence-corrected chi connectivity index (χ2v) is 9.60. The van der Waals surface area contributed by atoms with Crippen molar-refractivity contribution in [3.8, 4) is 17.3 Å². The van der Waals surface area contributed by atoms with Crippen molar-refractivity contribution < 1.29 is 17.9 Å². The van der Waals surface area contributed by atoms with Gasteiger partial charge in [0.25, 0.3) is 0 Å². The third-order valence-electron chi connectivity index (χ3n) is 5.25. The second kappa shape index (κ2) is 8.60. The Morgan fingerprint density at radius 2 is 2.09 bits per heavy atom. The molecule has 0 atom stereocenters. The lowest BCUT2D eigenvalue weighted by molar-refractivity contribution is -0.137. The number of hydrogen-bond acceptors (Lipinski definition) is 10. The molecule has 4 rings (SSSR count). The zero-order valence-corrected chi connectivity index (χ0v) is 18.7. The monoisotopic (exact) mass is 471 g/mol. The molecule has 1 aliphatic rings. The van der Waals surface area contributed by atoms with Gasteiger partial charge in [0.1, 0.15) is 5.54 Å². The van der Waals surface area contributed by atoms with E-state index >= 15 is 0 Å². The van der Waals surface area contributed by atoms with Gasteiger partial charge in [0.05, 0.1) is 43.4 Å². The Bertz CT molecular complexity index is 1320. The lowest BCUT2D eigenvalue weighted by Crippen LogP contribution is -2.64. The molecule has 0 amide bonds. The van der Waals surface area contributed by atoms with Crippen molar-refractivity contribution in [3.63, 3.8) is 0 Å². The maximum Gasteiger partial charge on any atom is 0.322 e. The van der Waals surface area contributed by atoms with Gasteiger partial charge in [-0.2, -0.15) is 19.8 Å². The molecular weight excluding hydrogens is 450 g/mol. The first-order valence-corrected chi connectivity index (χ1v) is 11.4. The Hall–Kier alpha value is -3.83. The fraction of sp³-hybridized carbons (Fsp3) is 0.368. The van der Waals surface area contributed by atoms with Gasteiger partial charge in [-0.15, -0.1) is 0 Å². The number of carbonyl (C=O) groups excluding carboxylic acids is 1. The van der Waals surface area contributed by atoms with Crippen LogP contribution in [-0.4, -0.2) is 74.2 Å². The number of rotatable bonds is 8. The lowest BCUT2D eigenvalue weighted by atomic mass is 9.89. The summed E-state index contributed by atoms with van der Waals surface area (Å²) in [6, 6.07) is 3.83. The number of aryl methyl sites for hydroxylation is 1. The summed E-state index contributed by atoms with van der Waals surface area (Å²) in [5.74, 6) is -1.21. The zero-order valence-electron chi connectivity index (χ0n) is 17.9. The topological polar surface area (TPSA) is 161 Å². The molecule has 33 heavy (non-hydrogen) atoms. The summed E-state index contributed by atoms with van der Waals surface area (Å²) in [7, 11) is -0.908. The van der Waals surface area contributed by atoms with Crippen molar-refractivity contribution >= 4 is 27.6 Å². The van der Waals surface area contributed by atoms with Crippen LogP contribution in [0.2, 0.25) is 0 Å². The number of methoxy groups -OCH3 is 1. The molecule has 172 valence electrons. The number of hydrogen-bond donors (Lipinski definition) is 1. The van der Waals surface area contributed by atoms with Gasteiger partial charge in [0, 0.05) is 44.3 Å². The van der Waals surface area contributed by atoms with Crippen molar-refractivity contribution in [1.29, 1.82) is 5.26 Å². The number of nitriles is 1. The Morgan fingerprint density at radius 1 is 1.30 bits per heavy atom. The minimum Gasteiger partial charge on any atom is -0.468 e. The van der Waals surface area contributed by atoms with Crippen molar-refractivity contribution in [2.75, 3.05) is 31.3 Å². The number of sulfonamides is 1.